The normalized spacial score (nSPS) is 19.0. The average molecular weight is 451 g/mol. The molecular formula is C25H23ClN2O4. The number of halogens is 1. The van der Waals surface area contributed by atoms with Gasteiger partial charge in [0.1, 0.15) is 18.5 Å². The zero-order chi connectivity index (χ0) is 22.6. The van der Waals surface area contributed by atoms with Crippen LogP contribution in [0.3, 0.4) is 0 Å². The first-order valence-corrected chi connectivity index (χ1v) is 10.7. The molecule has 1 saturated heterocycles. The first-order valence-electron chi connectivity index (χ1n) is 10.3. The van der Waals surface area contributed by atoms with Crippen LogP contribution in [0.2, 0.25) is 5.02 Å². The maximum absolute atomic E-state index is 13.6. The van der Waals surface area contributed by atoms with Crippen molar-refractivity contribution in [3.63, 3.8) is 0 Å². The van der Waals surface area contributed by atoms with Crippen LogP contribution in [0.25, 0.3) is 0 Å². The molecule has 4 rings (SSSR count). The van der Waals surface area contributed by atoms with Gasteiger partial charge in [-0.15, -0.1) is 0 Å². The van der Waals surface area contributed by atoms with Crippen molar-refractivity contribution in [2.45, 2.75) is 18.1 Å². The zero-order valence-electron chi connectivity index (χ0n) is 17.3. The zero-order valence-corrected chi connectivity index (χ0v) is 18.0. The molecule has 3 amide bonds. The van der Waals surface area contributed by atoms with Crippen molar-refractivity contribution in [1.82, 2.24) is 10.2 Å². The lowest BCUT2D eigenvalue weighted by molar-refractivity contribution is -0.132. The summed E-state index contributed by atoms with van der Waals surface area (Å²) in [5.41, 5.74) is 0.367. The molecule has 6 nitrogen and oxygen atoms in total. The van der Waals surface area contributed by atoms with Gasteiger partial charge in [-0.3, -0.25) is 9.69 Å². The Balaban J connectivity index is 1.52. The van der Waals surface area contributed by atoms with Gasteiger partial charge < -0.3 is 15.2 Å². The van der Waals surface area contributed by atoms with Gasteiger partial charge in [-0.05, 0) is 35.4 Å². The number of urea groups is 1. The lowest BCUT2D eigenvalue weighted by Gasteiger charge is -2.28. The van der Waals surface area contributed by atoms with E-state index in [2.05, 4.69) is 5.32 Å². The molecule has 1 fully saturated rings. The lowest BCUT2D eigenvalue weighted by Crippen LogP contribution is -2.46. The van der Waals surface area contributed by atoms with Gasteiger partial charge in [-0.25, -0.2) is 4.79 Å². The molecule has 2 unspecified atom stereocenters. The number of ether oxygens (including phenoxy) is 1. The molecule has 1 heterocycles. The first kappa shape index (κ1) is 21.9. The number of hydrogen-bond acceptors (Lipinski definition) is 4. The van der Waals surface area contributed by atoms with Crippen molar-refractivity contribution < 1.29 is 19.4 Å². The van der Waals surface area contributed by atoms with Crippen LogP contribution in [0.4, 0.5) is 4.79 Å². The van der Waals surface area contributed by atoms with Crippen LogP contribution >= 0.6 is 11.6 Å². The molecule has 2 atom stereocenters. The summed E-state index contributed by atoms with van der Waals surface area (Å²) in [4.78, 5) is 27.5. The van der Waals surface area contributed by atoms with E-state index in [1.807, 2.05) is 60.7 Å². The second kappa shape index (κ2) is 9.42. The second-order valence-corrected chi connectivity index (χ2v) is 8.13. The van der Waals surface area contributed by atoms with Gasteiger partial charge in [0.15, 0.2) is 5.54 Å². The maximum atomic E-state index is 13.6. The molecule has 3 aromatic rings. The number of amides is 3. The van der Waals surface area contributed by atoms with E-state index in [-0.39, 0.29) is 13.2 Å². The Labute approximate surface area is 191 Å². The summed E-state index contributed by atoms with van der Waals surface area (Å²) in [6.07, 6.45) is -0.750. The first-order chi connectivity index (χ1) is 15.5. The minimum absolute atomic E-state index is 0.0737. The number of nitrogens with zero attached hydrogens (tertiary/aromatic N) is 1. The van der Waals surface area contributed by atoms with Crippen molar-refractivity contribution in [2.75, 3.05) is 13.2 Å². The van der Waals surface area contributed by atoms with Crippen molar-refractivity contribution in [3.05, 3.63) is 101 Å². The molecule has 1 aliphatic heterocycles. The van der Waals surface area contributed by atoms with E-state index < -0.39 is 23.6 Å². The Morgan fingerprint density at radius 2 is 1.56 bits per heavy atom. The van der Waals surface area contributed by atoms with E-state index in [1.165, 1.54) is 0 Å². The van der Waals surface area contributed by atoms with Crippen molar-refractivity contribution in [2.24, 2.45) is 0 Å². The summed E-state index contributed by atoms with van der Waals surface area (Å²) in [5.74, 6) is 0.136. The standard InChI is InChI=1S/C25H23ClN2O4/c26-20-11-13-22(14-12-20)32-17-21(29)16-28-23(30)25(27-24(28)31,19-9-5-2-6-10-19)15-18-7-3-1-4-8-18/h1-14,21,29H,15-17H2,(H,27,31). The third-order valence-electron chi connectivity index (χ3n) is 5.40. The van der Waals surface area contributed by atoms with Gasteiger partial charge in [0.25, 0.3) is 5.91 Å². The number of carbonyl (C=O) groups excluding carboxylic acids is 2. The number of rotatable bonds is 8. The predicted octanol–water partition coefficient (Wildman–Crippen LogP) is 3.77. The fraction of sp³-hybridized carbons (Fsp3) is 0.200. The average Bonchev–Trinajstić information content (AvgIpc) is 3.05. The Hall–Kier alpha value is -3.35. The molecule has 2 N–H and O–H groups in total. The molecule has 7 heteroatoms. The van der Waals surface area contributed by atoms with Crippen LogP contribution in [-0.2, 0) is 16.8 Å². The molecule has 0 spiro atoms. The quantitative estimate of drug-likeness (QED) is 0.512. The molecule has 164 valence electrons. The van der Waals surface area contributed by atoms with Crippen LogP contribution in [0.5, 0.6) is 5.75 Å². The highest BCUT2D eigenvalue weighted by molar-refractivity contribution is 6.30. The third-order valence-corrected chi connectivity index (χ3v) is 5.66. The minimum Gasteiger partial charge on any atom is -0.491 e. The SMILES string of the molecule is O=C1NC(Cc2ccccc2)(c2ccccc2)C(=O)N1CC(O)COc1ccc(Cl)cc1. The number of imide groups is 1. The minimum atomic E-state index is -1.24. The smallest absolute Gasteiger partial charge is 0.325 e. The van der Waals surface area contributed by atoms with Gasteiger partial charge in [-0.2, -0.15) is 0 Å². The summed E-state index contributed by atoms with van der Waals surface area (Å²) in [6, 6.07) is 24.9. The van der Waals surface area contributed by atoms with Crippen molar-refractivity contribution in [3.8, 4) is 5.75 Å². The van der Waals surface area contributed by atoms with E-state index in [1.54, 1.807) is 24.3 Å². The summed E-state index contributed by atoms with van der Waals surface area (Å²) in [6.45, 7) is -0.253. The van der Waals surface area contributed by atoms with Gasteiger partial charge in [0, 0.05) is 11.4 Å². The molecule has 0 bridgehead atoms. The largest absolute Gasteiger partial charge is 0.491 e. The molecule has 0 saturated carbocycles. The van der Waals surface area contributed by atoms with E-state index in [9.17, 15) is 14.7 Å². The van der Waals surface area contributed by atoms with Gasteiger partial charge >= 0.3 is 6.03 Å². The van der Waals surface area contributed by atoms with Crippen LogP contribution in [0, 0.1) is 0 Å². The molecule has 3 aromatic carbocycles. The molecule has 1 aliphatic rings. The topological polar surface area (TPSA) is 78.9 Å². The Kier molecular flexibility index (Phi) is 6.44. The molecule has 0 radical (unpaired) electrons. The monoisotopic (exact) mass is 450 g/mol. The predicted molar refractivity (Wildman–Crippen MR) is 121 cm³/mol. The van der Waals surface area contributed by atoms with Crippen LogP contribution < -0.4 is 10.1 Å². The molecule has 0 aliphatic carbocycles. The summed E-state index contributed by atoms with van der Waals surface area (Å²) in [7, 11) is 0. The van der Waals surface area contributed by atoms with Gasteiger partial charge in [0.05, 0.1) is 6.54 Å². The summed E-state index contributed by atoms with van der Waals surface area (Å²) in [5, 5.41) is 13.9. The van der Waals surface area contributed by atoms with Crippen molar-refractivity contribution in [1.29, 1.82) is 0 Å². The van der Waals surface area contributed by atoms with Gasteiger partial charge in [0.2, 0.25) is 0 Å². The van der Waals surface area contributed by atoms with Crippen LogP contribution in [-0.4, -0.2) is 41.2 Å². The van der Waals surface area contributed by atoms with E-state index in [4.69, 9.17) is 16.3 Å². The molecule has 0 aromatic heterocycles. The number of aliphatic hydroxyl groups excluding tert-OH is 1. The van der Waals surface area contributed by atoms with Crippen molar-refractivity contribution >= 4 is 23.5 Å². The van der Waals surface area contributed by atoms with E-state index in [0.29, 0.717) is 22.8 Å². The molecule has 32 heavy (non-hydrogen) atoms. The lowest BCUT2D eigenvalue weighted by atomic mass is 9.83. The highest BCUT2D eigenvalue weighted by Gasteiger charge is 2.52. The highest BCUT2D eigenvalue weighted by Crippen LogP contribution is 2.33. The molecular weight excluding hydrogens is 428 g/mol. The Morgan fingerprint density at radius 1 is 0.938 bits per heavy atom. The Morgan fingerprint density at radius 3 is 2.22 bits per heavy atom. The van der Waals surface area contributed by atoms with Crippen LogP contribution in [0.15, 0.2) is 84.9 Å². The fourth-order valence-corrected chi connectivity index (χ4v) is 3.95. The number of carbonyl (C=O) groups is 2. The van der Waals surface area contributed by atoms with Gasteiger partial charge in [-0.1, -0.05) is 72.3 Å². The van der Waals surface area contributed by atoms with Crippen LogP contribution in [0.1, 0.15) is 11.1 Å². The second-order valence-electron chi connectivity index (χ2n) is 7.70. The summed E-state index contributed by atoms with van der Waals surface area (Å²) >= 11 is 5.86. The number of hydrogen-bond donors (Lipinski definition) is 2. The number of nitrogens with one attached hydrogen (secondary N) is 1. The fourth-order valence-electron chi connectivity index (χ4n) is 3.82. The number of aliphatic hydroxyl groups is 1. The number of β-amino-alcohol motifs (C(OH)–C–C–N with tert-alkyl or cyclic N) is 1. The van der Waals surface area contributed by atoms with E-state index in [0.717, 1.165) is 10.5 Å². The summed E-state index contributed by atoms with van der Waals surface area (Å²) < 4.78 is 5.56. The maximum Gasteiger partial charge on any atom is 0.325 e. The highest BCUT2D eigenvalue weighted by atomic mass is 35.5. The van der Waals surface area contributed by atoms with E-state index >= 15 is 0 Å². The Bertz CT molecular complexity index is 1080. The number of benzene rings is 3. The third kappa shape index (κ3) is 4.61.